The highest BCUT2D eigenvalue weighted by atomic mass is 32.1. The molecule has 6 heteroatoms. The maximum atomic E-state index is 12.0. The molecule has 2 aromatic rings. The summed E-state index contributed by atoms with van der Waals surface area (Å²) >= 11 is 1.15. The standard InChI is InChI=1S/C13H15N3O2S/c17-8-4-7-11(10-5-2-1-3-6-10)14-13(18)12-9-19-16-15-12/h1-3,5-6,9,11,17H,4,7-8H2,(H,14,18). The number of nitrogens with zero attached hydrogens (tertiary/aromatic N) is 2. The van der Waals surface area contributed by atoms with Gasteiger partial charge >= 0.3 is 0 Å². The van der Waals surface area contributed by atoms with E-state index in [0.717, 1.165) is 17.1 Å². The number of aliphatic hydroxyl groups excluding tert-OH is 1. The maximum absolute atomic E-state index is 12.0. The third-order valence-electron chi connectivity index (χ3n) is 2.75. The summed E-state index contributed by atoms with van der Waals surface area (Å²) in [6, 6.07) is 9.58. The molecule has 0 radical (unpaired) electrons. The second kappa shape index (κ2) is 6.96. The van der Waals surface area contributed by atoms with Crippen LogP contribution in [-0.4, -0.2) is 27.2 Å². The van der Waals surface area contributed by atoms with E-state index in [2.05, 4.69) is 14.9 Å². The van der Waals surface area contributed by atoms with Gasteiger partial charge in [-0.25, -0.2) is 0 Å². The van der Waals surface area contributed by atoms with Crippen LogP contribution in [0.4, 0.5) is 0 Å². The van der Waals surface area contributed by atoms with E-state index in [1.54, 1.807) is 5.38 Å². The average molecular weight is 277 g/mol. The monoisotopic (exact) mass is 277 g/mol. The summed E-state index contributed by atoms with van der Waals surface area (Å²) in [5.74, 6) is -0.236. The first kappa shape index (κ1) is 13.6. The molecule has 1 amide bonds. The van der Waals surface area contributed by atoms with Crippen molar-refractivity contribution in [2.45, 2.75) is 18.9 Å². The molecule has 0 fully saturated rings. The van der Waals surface area contributed by atoms with E-state index in [0.29, 0.717) is 18.5 Å². The van der Waals surface area contributed by atoms with Gasteiger partial charge < -0.3 is 10.4 Å². The summed E-state index contributed by atoms with van der Waals surface area (Å²) in [6.45, 7) is 0.109. The average Bonchev–Trinajstić information content (AvgIpc) is 2.98. The quantitative estimate of drug-likeness (QED) is 0.844. The molecule has 0 aliphatic rings. The first-order valence-corrected chi connectivity index (χ1v) is 6.88. The van der Waals surface area contributed by atoms with Crippen molar-refractivity contribution in [3.05, 3.63) is 47.0 Å². The lowest BCUT2D eigenvalue weighted by atomic mass is 10.0. The number of benzene rings is 1. The minimum Gasteiger partial charge on any atom is -0.396 e. The second-order valence-electron chi connectivity index (χ2n) is 4.09. The Morgan fingerprint density at radius 2 is 2.16 bits per heavy atom. The number of hydrogen-bond acceptors (Lipinski definition) is 5. The number of carbonyl (C=O) groups excluding carboxylic acids is 1. The summed E-state index contributed by atoms with van der Waals surface area (Å²) in [5, 5.41) is 17.2. The topological polar surface area (TPSA) is 75.1 Å². The lowest BCUT2D eigenvalue weighted by Crippen LogP contribution is -2.29. The molecule has 100 valence electrons. The van der Waals surface area contributed by atoms with E-state index in [9.17, 15) is 4.79 Å². The SMILES string of the molecule is O=C(NC(CCCO)c1ccccc1)c1csnn1. The predicted octanol–water partition coefficient (Wildman–Crippen LogP) is 1.78. The van der Waals surface area contributed by atoms with Crippen molar-refractivity contribution in [3.8, 4) is 0 Å². The zero-order valence-corrected chi connectivity index (χ0v) is 11.1. The smallest absolute Gasteiger partial charge is 0.273 e. The Hall–Kier alpha value is -1.79. The Morgan fingerprint density at radius 1 is 1.37 bits per heavy atom. The zero-order chi connectivity index (χ0) is 13.5. The van der Waals surface area contributed by atoms with Gasteiger partial charge in [-0.15, -0.1) is 5.10 Å². The van der Waals surface area contributed by atoms with Crippen LogP contribution in [0.5, 0.6) is 0 Å². The van der Waals surface area contributed by atoms with Crippen molar-refractivity contribution < 1.29 is 9.90 Å². The molecule has 0 spiro atoms. The Bertz CT molecular complexity index is 502. The van der Waals surface area contributed by atoms with Crippen molar-refractivity contribution >= 4 is 17.4 Å². The van der Waals surface area contributed by atoms with E-state index in [1.807, 2.05) is 30.3 Å². The van der Waals surface area contributed by atoms with Crippen LogP contribution >= 0.6 is 11.5 Å². The molecule has 1 heterocycles. The highest BCUT2D eigenvalue weighted by molar-refractivity contribution is 7.03. The summed E-state index contributed by atoms with van der Waals surface area (Å²) in [5.41, 5.74) is 1.35. The van der Waals surface area contributed by atoms with Gasteiger partial charge in [-0.05, 0) is 29.9 Å². The Morgan fingerprint density at radius 3 is 2.79 bits per heavy atom. The normalized spacial score (nSPS) is 12.1. The van der Waals surface area contributed by atoms with Crippen molar-refractivity contribution in [2.75, 3.05) is 6.61 Å². The zero-order valence-electron chi connectivity index (χ0n) is 10.3. The number of rotatable bonds is 6. The fraction of sp³-hybridized carbons (Fsp3) is 0.308. The van der Waals surface area contributed by atoms with E-state index in [4.69, 9.17) is 5.11 Å². The lowest BCUT2D eigenvalue weighted by molar-refractivity contribution is 0.0927. The molecule has 0 bridgehead atoms. The van der Waals surface area contributed by atoms with Gasteiger partial charge in [0.2, 0.25) is 0 Å². The summed E-state index contributed by atoms with van der Waals surface area (Å²) in [7, 11) is 0. The molecule has 0 saturated carbocycles. The third kappa shape index (κ3) is 3.84. The molecule has 1 unspecified atom stereocenters. The first-order valence-electron chi connectivity index (χ1n) is 6.05. The predicted molar refractivity (Wildman–Crippen MR) is 72.9 cm³/mol. The molecule has 2 N–H and O–H groups in total. The Labute approximate surface area is 115 Å². The molecular weight excluding hydrogens is 262 g/mol. The van der Waals surface area contributed by atoms with Gasteiger partial charge in [0.1, 0.15) is 0 Å². The number of aliphatic hydroxyl groups is 1. The number of amides is 1. The van der Waals surface area contributed by atoms with E-state index < -0.39 is 0 Å². The lowest BCUT2D eigenvalue weighted by Gasteiger charge is -2.18. The van der Waals surface area contributed by atoms with Gasteiger partial charge in [-0.2, -0.15) is 0 Å². The van der Waals surface area contributed by atoms with Gasteiger partial charge in [0, 0.05) is 12.0 Å². The van der Waals surface area contributed by atoms with Crippen LogP contribution in [0.3, 0.4) is 0 Å². The van der Waals surface area contributed by atoms with Crippen molar-refractivity contribution in [3.63, 3.8) is 0 Å². The van der Waals surface area contributed by atoms with Crippen LogP contribution in [-0.2, 0) is 0 Å². The number of carbonyl (C=O) groups is 1. The molecule has 1 aromatic heterocycles. The molecule has 0 aliphatic carbocycles. The summed E-state index contributed by atoms with van der Waals surface area (Å²) < 4.78 is 3.68. The van der Waals surface area contributed by atoms with E-state index >= 15 is 0 Å². The minimum absolute atomic E-state index is 0.109. The van der Waals surface area contributed by atoms with Gasteiger partial charge in [-0.3, -0.25) is 4.79 Å². The molecule has 0 saturated heterocycles. The largest absolute Gasteiger partial charge is 0.396 e. The van der Waals surface area contributed by atoms with Crippen LogP contribution in [0.15, 0.2) is 35.7 Å². The highest BCUT2D eigenvalue weighted by Crippen LogP contribution is 2.18. The molecule has 1 aromatic carbocycles. The number of nitrogens with one attached hydrogen (secondary N) is 1. The minimum atomic E-state index is -0.236. The molecule has 0 aliphatic heterocycles. The van der Waals surface area contributed by atoms with Crippen molar-refractivity contribution in [1.29, 1.82) is 0 Å². The molecule has 1 atom stereocenters. The number of aromatic nitrogens is 2. The van der Waals surface area contributed by atoms with Gasteiger partial charge in [0.25, 0.3) is 5.91 Å². The van der Waals surface area contributed by atoms with Crippen molar-refractivity contribution in [2.24, 2.45) is 0 Å². The first-order chi connectivity index (χ1) is 9.31. The molecular formula is C13H15N3O2S. The maximum Gasteiger partial charge on any atom is 0.273 e. The third-order valence-corrected chi connectivity index (χ3v) is 3.26. The van der Waals surface area contributed by atoms with Gasteiger partial charge in [0.05, 0.1) is 6.04 Å². The molecule has 2 rings (SSSR count). The van der Waals surface area contributed by atoms with Gasteiger partial charge in [-0.1, -0.05) is 34.8 Å². The van der Waals surface area contributed by atoms with Gasteiger partial charge in [0.15, 0.2) is 5.69 Å². The number of hydrogen-bond donors (Lipinski definition) is 2. The molecule has 5 nitrogen and oxygen atoms in total. The van der Waals surface area contributed by atoms with E-state index in [-0.39, 0.29) is 18.6 Å². The van der Waals surface area contributed by atoms with Crippen LogP contribution in [0.25, 0.3) is 0 Å². The van der Waals surface area contributed by atoms with Crippen LogP contribution in [0.1, 0.15) is 34.9 Å². The van der Waals surface area contributed by atoms with Crippen LogP contribution < -0.4 is 5.32 Å². The fourth-order valence-electron chi connectivity index (χ4n) is 1.80. The Balaban J connectivity index is 2.08. The van der Waals surface area contributed by atoms with Crippen LogP contribution in [0.2, 0.25) is 0 Å². The fourth-order valence-corrected chi connectivity index (χ4v) is 2.23. The summed E-state index contributed by atoms with van der Waals surface area (Å²) in [4.78, 5) is 12.0. The second-order valence-corrected chi connectivity index (χ2v) is 4.70. The molecule has 19 heavy (non-hydrogen) atoms. The van der Waals surface area contributed by atoms with E-state index in [1.165, 1.54) is 0 Å². The van der Waals surface area contributed by atoms with Crippen molar-refractivity contribution in [1.82, 2.24) is 14.9 Å². The summed E-state index contributed by atoms with van der Waals surface area (Å²) in [6.07, 6.45) is 1.32. The van der Waals surface area contributed by atoms with Crippen LogP contribution in [0, 0.1) is 0 Å². The highest BCUT2D eigenvalue weighted by Gasteiger charge is 2.16. The Kier molecular flexibility index (Phi) is 5.00.